The van der Waals surface area contributed by atoms with Crippen LogP contribution in [-0.4, -0.2) is 34.7 Å². The van der Waals surface area contributed by atoms with Gasteiger partial charge in [0.2, 0.25) is 0 Å². The molecule has 0 saturated heterocycles. The van der Waals surface area contributed by atoms with Crippen molar-refractivity contribution in [2.24, 2.45) is 0 Å². The maximum atomic E-state index is 13.0. The van der Waals surface area contributed by atoms with Crippen LogP contribution in [0.25, 0.3) is 0 Å². The molecule has 38 heavy (non-hydrogen) atoms. The molecule has 0 unspecified atom stereocenters. The van der Waals surface area contributed by atoms with E-state index < -0.39 is 23.7 Å². The van der Waals surface area contributed by atoms with Crippen molar-refractivity contribution in [3.05, 3.63) is 106 Å². The third kappa shape index (κ3) is 5.92. The molecule has 9 heteroatoms. The first-order valence-electron chi connectivity index (χ1n) is 11.9. The molecular weight excluding hydrogens is 506 g/mol. The highest BCUT2D eigenvalue weighted by Gasteiger charge is 2.38. The third-order valence-corrected chi connectivity index (χ3v) is 6.10. The number of hydrogen-bond donors (Lipinski definition) is 2. The summed E-state index contributed by atoms with van der Waals surface area (Å²) >= 11 is 6.26. The Labute approximate surface area is 225 Å². The van der Waals surface area contributed by atoms with Crippen LogP contribution in [0.4, 0.5) is 11.4 Å². The Balaban J connectivity index is 1.50. The molecule has 0 fully saturated rings. The second kappa shape index (κ2) is 11.3. The van der Waals surface area contributed by atoms with Crippen molar-refractivity contribution in [2.75, 3.05) is 10.6 Å². The van der Waals surface area contributed by atoms with Gasteiger partial charge in [0.05, 0.1) is 18.2 Å². The molecule has 0 atom stereocenters. The minimum absolute atomic E-state index is 0.0513. The van der Waals surface area contributed by atoms with Gasteiger partial charge in [0.15, 0.2) is 0 Å². The molecule has 4 rings (SSSR count). The van der Waals surface area contributed by atoms with Crippen molar-refractivity contribution in [1.82, 2.24) is 4.90 Å². The van der Waals surface area contributed by atoms with E-state index in [1.165, 1.54) is 6.07 Å². The van der Waals surface area contributed by atoms with Crippen LogP contribution in [0.3, 0.4) is 0 Å². The van der Waals surface area contributed by atoms with Crippen LogP contribution in [0.1, 0.15) is 45.7 Å². The molecule has 3 aromatic rings. The zero-order valence-electron chi connectivity index (χ0n) is 21.1. The quantitative estimate of drug-likeness (QED) is 0.304. The summed E-state index contributed by atoms with van der Waals surface area (Å²) in [4.78, 5) is 52.0. The fourth-order valence-electron chi connectivity index (χ4n) is 3.81. The normalized spacial score (nSPS) is 13.2. The van der Waals surface area contributed by atoms with E-state index in [2.05, 4.69) is 10.6 Å². The minimum Gasteiger partial charge on any atom is -0.459 e. The highest BCUT2D eigenvalue weighted by atomic mass is 35.5. The topological polar surface area (TPSA) is 105 Å². The van der Waals surface area contributed by atoms with E-state index in [1.54, 1.807) is 57.2 Å². The fraction of sp³-hybridized carbons (Fsp3) is 0.172. The molecule has 2 N–H and O–H groups in total. The molecule has 0 spiro atoms. The Bertz CT molecular complexity index is 1450. The van der Waals surface area contributed by atoms with Crippen LogP contribution in [-0.2, 0) is 20.9 Å². The van der Waals surface area contributed by atoms with Gasteiger partial charge in [0.1, 0.15) is 10.7 Å². The Morgan fingerprint density at radius 1 is 0.921 bits per heavy atom. The molecular formula is C29H26ClN3O5. The number of carbonyl (C=O) groups is 4. The van der Waals surface area contributed by atoms with Crippen LogP contribution < -0.4 is 10.6 Å². The molecule has 3 amide bonds. The van der Waals surface area contributed by atoms with Crippen LogP contribution in [0.2, 0.25) is 0 Å². The first-order valence-corrected chi connectivity index (χ1v) is 12.3. The van der Waals surface area contributed by atoms with E-state index in [-0.39, 0.29) is 23.4 Å². The molecule has 0 saturated carbocycles. The maximum absolute atomic E-state index is 13.0. The zero-order valence-corrected chi connectivity index (χ0v) is 21.8. The molecule has 3 aromatic carbocycles. The summed E-state index contributed by atoms with van der Waals surface area (Å²) in [6.45, 7) is 5.40. The van der Waals surface area contributed by atoms with Crippen molar-refractivity contribution in [3.8, 4) is 0 Å². The maximum Gasteiger partial charge on any atom is 0.338 e. The lowest BCUT2D eigenvalue weighted by Crippen LogP contribution is -2.31. The molecule has 194 valence electrons. The van der Waals surface area contributed by atoms with Gasteiger partial charge in [-0.1, -0.05) is 54.1 Å². The largest absolute Gasteiger partial charge is 0.459 e. The summed E-state index contributed by atoms with van der Waals surface area (Å²) in [5.74, 6) is -2.06. The number of amides is 3. The number of ether oxygens (including phenoxy) is 1. The average molecular weight is 532 g/mol. The van der Waals surface area contributed by atoms with Crippen molar-refractivity contribution in [3.63, 3.8) is 0 Å². The van der Waals surface area contributed by atoms with E-state index in [0.29, 0.717) is 22.5 Å². The fourth-order valence-corrected chi connectivity index (χ4v) is 4.04. The van der Waals surface area contributed by atoms with Crippen LogP contribution in [0, 0.1) is 6.92 Å². The molecule has 0 bridgehead atoms. The molecule has 8 nitrogen and oxygen atoms in total. The molecule has 0 radical (unpaired) electrons. The lowest BCUT2D eigenvalue weighted by Gasteiger charge is -2.16. The summed E-state index contributed by atoms with van der Waals surface area (Å²) in [6.07, 6.45) is -0.268. The number of rotatable bonds is 8. The molecule has 0 aliphatic carbocycles. The van der Waals surface area contributed by atoms with Gasteiger partial charge in [0.25, 0.3) is 17.7 Å². The van der Waals surface area contributed by atoms with Gasteiger partial charge in [-0.05, 0) is 62.2 Å². The smallest absolute Gasteiger partial charge is 0.338 e. The van der Waals surface area contributed by atoms with E-state index in [1.807, 2.05) is 30.3 Å². The molecule has 1 aliphatic rings. The molecule has 0 aromatic heterocycles. The second-order valence-electron chi connectivity index (χ2n) is 9.01. The summed E-state index contributed by atoms with van der Waals surface area (Å²) < 4.78 is 5.21. The number of carbonyl (C=O) groups excluding carboxylic acids is 4. The first-order chi connectivity index (χ1) is 18.1. The highest BCUT2D eigenvalue weighted by Crippen LogP contribution is 2.29. The van der Waals surface area contributed by atoms with Gasteiger partial charge in [-0.3, -0.25) is 19.3 Å². The number of imide groups is 1. The Morgan fingerprint density at radius 3 is 2.37 bits per heavy atom. The van der Waals surface area contributed by atoms with Gasteiger partial charge in [-0.25, -0.2) is 4.79 Å². The van der Waals surface area contributed by atoms with Crippen molar-refractivity contribution < 1.29 is 23.9 Å². The number of nitrogens with zero attached hydrogens (tertiary/aromatic N) is 1. The number of esters is 1. The number of benzene rings is 3. The van der Waals surface area contributed by atoms with Gasteiger partial charge in [-0.15, -0.1) is 0 Å². The summed E-state index contributed by atoms with van der Waals surface area (Å²) in [5.41, 5.74) is 2.95. The minimum atomic E-state index is -0.592. The predicted molar refractivity (Wildman–Crippen MR) is 145 cm³/mol. The summed E-state index contributed by atoms with van der Waals surface area (Å²) in [7, 11) is 0. The lowest BCUT2D eigenvalue weighted by atomic mass is 10.1. The van der Waals surface area contributed by atoms with Gasteiger partial charge >= 0.3 is 5.97 Å². The number of nitrogens with one attached hydrogen (secondary N) is 2. The van der Waals surface area contributed by atoms with Crippen LogP contribution in [0.5, 0.6) is 0 Å². The van der Waals surface area contributed by atoms with E-state index >= 15 is 0 Å². The lowest BCUT2D eigenvalue weighted by molar-refractivity contribution is -0.138. The Hall–Kier alpha value is -4.43. The average Bonchev–Trinajstić information content (AvgIpc) is 3.08. The third-order valence-electron chi connectivity index (χ3n) is 5.75. The van der Waals surface area contributed by atoms with Crippen molar-refractivity contribution >= 4 is 46.7 Å². The number of halogens is 1. The summed E-state index contributed by atoms with van der Waals surface area (Å²) in [6, 6.07) is 20.5. The SMILES string of the molecule is Cc1ccc(C(=O)Nc2cccc(C(=O)OC(C)C)c2)cc1NC1=C(Cl)C(=O)N(Cc2ccccc2)C1=O. The van der Waals surface area contributed by atoms with Gasteiger partial charge in [-0.2, -0.15) is 0 Å². The Kier molecular flexibility index (Phi) is 7.93. The van der Waals surface area contributed by atoms with Crippen LogP contribution >= 0.6 is 11.6 Å². The zero-order chi connectivity index (χ0) is 27.4. The standard InChI is InChI=1S/C29H26ClN3O5/c1-17(2)38-29(37)21-10-7-11-22(14-21)31-26(34)20-13-12-18(3)23(15-20)32-25-24(30)27(35)33(28(25)36)16-19-8-5-4-6-9-19/h4-15,17,32H,16H2,1-3H3,(H,31,34). The van der Waals surface area contributed by atoms with Gasteiger partial charge in [0, 0.05) is 16.9 Å². The number of hydrogen-bond acceptors (Lipinski definition) is 6. The number of aryl methyl sites for hydroxylation is 1. The van der Waals surface area contributed by atoms with Crippen molar-refractivity contribution in [2.45, 2.75) is 33.4 Å². The van der Waals surface area contributed by atoms with E-state index in [4.69, 9.17) is 16.3 Å². The molecule has 1 aliphatic heterocycles. The first kappa shape index (κ1) is 26.6. The van der Waals surface area contributed by atoms with Crippen molar-refractivity contribution in [1.29, 1.82) is 0 Å². The second-order valence-corrected chi connectivity index (χ2v) is 9.39. The predicted octanol–water partition coefficient (Wildman–Crippen LogP) is 5.24. The monoisotopic (exact) mass is 531 g/mol. The van der Waals surface area contributed by atoms with Crippen LogP contribution in [0.15, 0.2) is 83.5 Å². The van der Waals surface area contributed by atoms with Gasteiger partial charge < -0.3 is 15.4 Å². The Morgan fingerprint density at radius 2 is 1.66 bits per heavy atom. The molecule has 1 heterocycles. The van der Waals surface area contributed by atoms with E-state index in [9.17, 15) is 19.2 Å². The number of anilines is 2. The van der Waals surface area contributed by atoms with E-state index in [0.717, 1.165) is 16.0 Å². The highest BCUT2D eigenvalue weighted by molar-refractivity contribution is 6.48. The summed E-state index contributed by atoms with van der Waals surface area (Å²) in [5, 5.41) is 5.50.